The van der Waals surface area contributed by atoms with Crippen molar-refractivity contribution in [2.45, 2.75) is 25.3 Å². The number of carbonyl (C=O) groups excluding carboxylic acids is 4. The molecule has 0 saturated carbocycles. The first-order valence-corrected chi connectivity index (χ1v) is 9.62. The number of hydrogen-bond acceptors (Lipinski definition) is 4. The lowest BCUT2D eigenvalue weighted by Crippen LogP contribution is -2.53. The number of nitrogens with zero attached hydrogens (tertiary/aromatic N) is 1. The highest BCUT2D eigenvalue weighted by Crippen LogP contribution is 2.42. The lowest BCUT2D eigenvalue weighted by Gasteiger charge is -2.30. The minimum atomic E-state index is -0.743. The molecule has 30 heavy (non-hydrogen) atoms. The topological polar surface area (TPSA) is 83.6 Å². The van der Waals surface area contributed by atoms with Crippen LogP contribution in [-0.4, -0.2) is 30.0 Å². The van der Waals surface area contributed by atoms with Crippen molar-refractivity contribution < 1.29 is 19.2 Å². The van der Waals surface area contributed by atoms with Crippen LogP contribution in [0, 0.1) is 0 Å². The minimum absolute atomic E-state index is 0.186. The van der Waals surface area contributed by atoms with Gasteiger partial charge in [-0.3, -0.25) is 29.4 Å². The molecule has 0 aromatic heterocycles. The smallest absolute Gasteiger partial charge is 0.259 e. The van der Waals surface area contributed by atoms with Crippen LogP contribution in [0.1, 0.15) is 39.9 Å². The number of amides is 3. The summed E-state index contributed by atoms with van der Waals surface area (Å²) in [5.74, 6) is -1.14. The van der Waals surface area contributed by atoms with Gasteiger partial charge in [-0.15, -0.1) is 0 Å². The Hall–Kier alpha value is -3.80. The van der Waals surface area contributed by atoms with E-state index in [2.05, 4.69) is 18.5 Å². The number of aldehydes is 1. The molecule has 0 spiro atoms. The summed E-state index contributed by atoms with van der Waals surface area (Å²) in [6.07, 6.45) is 1.79. The zero-order valence-electron chi connectivity index (χ0n) is 16.3. The van der Waals surface area contributed by atoms with E-state index in [4.69, 9.17) is 0 Å². The zero-order valence-corrected chi connectivity index (χ0v) is 16.3. The molecule has 2 aromatic rings. The number of hydrogen-bond donors (Lipinski definition) is 1. The van der Waals surface area contributed by atoms with Gasteiger partial charge in [0.05, 0.1) is 5.69 Å². The van der Waals surface area contributed by atoms with E-state index in [9.17, 15) is 19.2 Å². The summed E-state index contributed by atoms with van der Waals surface area (Å²) in [7, 11) is 0. The van der Waals surface area contributed by atoms with E-state index in [1.54, 1.807) is 18.2 Å². The number of fused-ring (bicyclic) bond motifs is 1. The fourth-order valence-electron chi connectivity index (χ4n) is 4.01. The molecule has 0 radical (unpaired) electrons. The summed E-state index contributed by atoms with van der Waals surface area (Å²) in [5, 5.41) is 2.31. The van der Waals surface area contributed by atoms with E-state index < -0.39 is 11.9 Å². The second-order valence-corrected chi connectivity index (χ2v) is 7.46. The third kappa shape index (κ3) is 3.26. The van der Waals surface area contributed by atoms with E-state index in [1.807, 2.05) is 24.3 Å². The number of carbonyl (C=O) groups is 4. The Morgan fingerprint density at radius 2 is 1.87 bits per heavy atom. The van der Waals surface area contributed by atoms with Crippen molar-refractivity contribution >= 4 is 40.8 Å². The monoisotopic (exact) mass is 400 g/mol. The summed E-state index contributed by atoms with van der Waals surface area (Å²) in [5.41, 5.74) is 4.76. The van der Waals surface area contributed by atoms with Crippen LogP contribution in [0.5, 0.6) is 0 Å². The highest BCUT2D eigenvalue weighted by Gasteiger charge is 2.42. The first kappa shape index (κ1) is 19.5. The minimum Gasteiger partial charge on any atom is -0.298 e. The number of allylic oxidation sites excluding steroid dienone is 1. The zero-order chi connectivity index (χ0) is 21.4. The Kier molecular flexibility index (Phi) is 4.91. The number of rotatable bonds is 5. The molecule has 1 unspecified atom stereocenters. The van der Waals surface area contributed by atoms with Gasteiger partial charge in [0, 0.05) is 23.1 Å². The summed E-state index contributed by atoms with van der Waals surface area (Å²) in [6.45, 7) is 8.16. The van der Waals surface area contributed by atoms with Gasteiger partial charge in [-0.25, -0.2) is 0 Å². The molecule has 0 bridgehead atoms. The largest absolute Gasteiger partial charge is 0.298 e. The summed E-state index contributed by atoms with van der Waals surface area (Å²) >= 11 is 0. The molecule has 2 aliphatic rings. The molecule has 2 heterocycles. The van der Waals surface area contributed by atoms with Gasteiger partial charge in [-0.2, -0.15) is 0 Å². The highest BCUT2D eigenvalue weighted by atomic mass is 16.2. The molecular weight excluding hydrogens is 380 g/mol. The molecule has 1 N–H and O–H groups in total. The molecule has 0 aliphatic carbocycles. The quantitative estimate of drug-likeness (QED) is 0.475. The Labute approximate surface area is 173 Å². The predicted octanol–water partition coefficient (Wildman–Crippen LogP) is 2.92. The van der Waals surface area contributed by atoms with Gasteiger partial charge in [0.1, 0.15) is 12.3 Å². The van der Waals surface area contributed by atoms with Crippen LogP contribution in [0.3, 0.4) is 0 Å². The molecular formula is C24H20N2O4. The van der Waals surface area contributed by atoms with Crippen molar-refractivity contribution in [2.75, 3.05) is 4.90 Å². The van der Waals surface area contributed by atoms with E-state index in [1.165, 1.54) is 4.90 Å². The van der Waals surface area contributed by atoms with Gasteiger partial charge >= 0.3 is 0 Å². The van der Waals surface area contributed by atoms with Crippen molar-refractivity contribution in [3.8, 4) is 0 Å². The van der Waals surface area contributed by atoms with Crippen LogP contribution in [0.25, 0.3) is 11.1 Å². The second kappa shape index (κ2) is 7.55. The van der Waals surface area contributed by atoms with Gasteiger partial charge in [-0.1, -0.05) is 49.6 Å². The predicted molar refractivity (Wildman–Crippen MR) is 114 cm³/mol. The number of benzene rings is 2. The number of piperidine rings is 1. The van der Waals surface area contributed by atoms with E-state index in [-0.39, 0.29) is 24.7 Å². The average Bonchev–Trinajstić information content (AvgIpc) is 2.99. The van der Waals surface area contributed by atoms with Crippen LogP contribution in [0.4, 0.5) is 5.69 Å². The fraction of sp³-hybridized carbons (Fsp3) is 0.167. The molecule has 1 saturated heterocycles. The van der Waals surface area contributed by atoms with Crippen molar-refractivity contribution in [3.05, 3.63) is 77.9 Å². The standard InChI is InChI=1S/C24H20N2O4/c1-14(12-16-6-8-17(13-27)9-7-16)18-4-3-5-19-22(18)15(2)24(30)26(19)20-10-11-21(28)25-23(20)29/h3-9,13,20H,1-2,10-12H2,(H,25,28,29). The van der Waals surface area contributed by atoms with E-state index in [0.29, 0.717) is 28.8 Å². The molecule has 2 aliphatic heterocycles. The molecule has 1 atom stereocenters. The van der Waals surface area contributed by atoms with Gasteiger partial charge in [-0.05, 0) is 35.6 Å². The van der Waals surface area contributed by atoms with Crippen molar-refractivity contribution in [1.82, 2.24) is 5.32 Å². The third-order valence-electron chi connectivity index (χ3n) is 5.52. The van der Waals surface area contributed by atoms with Crippen molar-refractivity contribution in [3.63, 3.8) is 0 Å². The van der Waals surface area contributed by atoms with E-state index in [0.717, 1.165) is 23.0 Å². The SMILES string of the molecule is C=C(Cc1ccc(C=O)cc1)c1cccc2c1C(=C)C(=O)N2C1CCC(=O)NC1=O. The lowest BCUT2D eigenvalue weighted by molar-refractivity contribution is -0.135. The maximum Gasteiger partial charge on any atom is 0.259 e. The summed E-state index contributed by atoms with van der Waals surface area (Å²) < 4.78 is 0. The van der Waals surface area contributed by atoms with Gasteiger partial charge in [0.2, 0.25) is 11.8 Å². The Morgan fingerprint density at radius 1 is 1.13 bits per heavy atom. The first-order chi connectivity index (χ1) is 14.4. The maximum absolute atomic E-state index is 13.0. The van der Waals surface area contributed by atoms with Crippen LogP contribution < -0.4 is 10.2 Å². The third-order valence-corrected chi connectivity index (χ3v) is 5.52. The van der Waals surface area contributed by atoms with Crippen LogP contribution in [-0.2, 0) is 20.8 Å². The Bertz CT molecular complexity index is 1110. The summed E-state index contributed by atoms with van der Waals surface area (Å²) in [6, 6.07) is 12.0. The Morgan fingerprint density at radius 3 is 2.53 bits per heavy atom. The lowest BCUT2D eigenvalue weighted by atomic mass is 9.92. The number of imide groups is 1. The van der Waals surface area contributed by atoms with Crippen molar-refractivity contribution in [2.24, 2.45) is 0 Å². The molecule has 1 fully saturated rings. The van der Waals surface area contributed by atoms with Gasteiger partial charge in [0.15, 0.2) is 0 Å². The summed E-state index contributed by atoms with van der Waals surface area (Å²) in [4.78, 5) is 49.1. The fourth-order valence-corrected chi connectivity index (χ4v) is 4.01. The van der Waals surface area contributed by atoms with Crippen LogP contribution >= 0.6 is 0 Å². The molecule has 2 aromatic carbocycles. The molecule has 6 heteroatoms. The first-order valence-electron chi connectivity index (χ1n) is 9.62. The molecule has 150 valence electrons. The van der Waals surface area contributed by atoms with Crippen LogP contribution in [0.15, 0.2) is 55.6 Å². The van der Waals surface area contributed by atoms with Crippen LogP contribution in [0.2, 0.25) is 0 Å². The number of nitrogens with one attached hydrogen (secondary N) is 1. The van der Waals surface area contributed by atoms with Crippen molar-refractivity contribution in [1.29, 1.82) is 0 Å². The molecule has 3 amide bonds. The van der Waals surface area contributed by atoms with E-state index >= 15 is 0 Å². The number of anilines is 1. The van der Waals surface area contributed by atoms with Gasteiger partial charge < -0.3 is 0 Å². The highest BCUT2D eigenvalue weighted by molar-refractivity contribution is 6.34. The molecule has 6 nitrogen and oxygen atoms in total. The normalized spacial score (nSPS) is 18.3. The average molecular weight is 400 g/mol. The molecule has 4 rings (SSSR count). The Balaban J connectivity index is 1.67. The maximum atomic E-state index is 13.0. The second-order valence-electron chi connectivity index (χ2n) is 7.46. The van der Waals surface area contributed by atoms with Gasteiger partial charge in [0.25, 0.3) is 5.91 Å².